The molecule has 2 rings (SSSR count). The Balaban J connectivity index is 2.28. The maximum absolute atomic E-state index is 10.0. The molecule has 5 atom stereocenters. The van der Waals surface area contributed by atoms with Gasteiger partial charge in [-0.1, -0.05) is 6.92 Å². The summed E-state index contributed by atoms with van der Waals surface area (Å²) < 4.78 is 6.76. The molecule has 1 aliphatic rings. The lowest BCUT2D eigenvalue weighted by Gasteiger charge is -2.19. The summed E-state index contributed by atoms with van der Waals surface area (Å²) in [5.74, 6) is -0.250. The summed E-state index contributed by atoms with van der Waals surface area (Å²) in [4.78, 5) is 3.86. The number of aromatic nitrogens is 2. The Morgan fingerprint density at radius 1 is 1.55 bits per heavy atom. The molecule has 9 nitrogen and oxygen atoms in total. The van der Waals surface area contributed by atoms with Crippen LogP contribution >= 0.6 is 0 Å². The minimum Gasteiger partial charge on any atom is -0.390 e. The summed E-state index contributed by atoms with van der Waals surface area (Å²) in [6.07, 6.45) is -3.66. The molecule has 0 aliphatic carbocycles. The first kappa shape index (κ1) is 14.7. The maximum Gasteiger partial charge on any atom is 0.165 e. The molecular weight excluding hydrogens is 266 g/mol. The molecule has 20 heavy (non-hydrogen) atoms. The van der Waals surface area contributed by atoms with E-state index in [-0.39, 0.29) is 17.3 Å². The molecule has 1 aromatic heterocycles. The number of nitrogens with zero attached hydrogens (tertiary/aromatic N) is 2. The number of anilines is 1. The molecule has 0 amide bonds. The third-order valence-corrected chi connectivity index (χ3v) is 3.43. The molecule has 0 aromatic carbocycles. The predicted octanol–water partition coefficient (Wildman–Crippen LogP) is -1.86. The Labute approximate surface area is 115 Å². The van der Waals surface area contributed by atoms with Gasteiger partial charge in [0.15, 0.2) is 6.23 Å². The summed E-state index contributed by atoms with van der Waals surface area (Å²) in [7, 11) is 0. The van der Waals surface area contributed by atoms with E-state index in [1.165, 1.54) is 10.9 Å². The minimum atomic E-state index is -1.27. The van der Waals surface area contributed by atoms with Crippen LogP contribution in [0.4, 0.5) is 5.82 Å². The summed E-state index contributed by atoms with van der Waals surface area (Å²) in [6, 6.07) is 0. The van der Waals surface area contributed by atoms with E-state index in [9.17, 15) is 15.3 Å². The lowest BCUT2D eigenvalue weighted by molar-refractivity contribution is -0.0844. The molecule has 0 unspecified atom stereocenters. The van der Waals surface area contributed by atoms with E-state index in [0.29, 0.717) is 6.42 Å². The van der Waals surface area contributed by atoms with E-state index < -0.39 is 30.6 Å². The van der Waals surface area contributed by atoms with Crippen LogP contribution in [0.25, 0.3) is 0 Å². The molecule has 112 valence electrons. The number of ether oxygens (including phenoxy) is 1. The Kier molecular flexibility index (Phi) is 3.95. The van der Waals surface area contributed by atoms with Crippen LogP contribution in [0, 0.1) is 5.41 Å². The molecule has 0 bridgehead atoms. The average molecular weight is 285 g/mol. The van der Waals surface area contributed by atoms with Gasteiger partial charge >= 0.3 is 0 Å². The average Bonchev–Trinajstić information content (AvgIpc) is 2.91. The monoisotopic (exact) mass is 285 g/mol. The fourth-order valence-electron chi connectivity index (χ4n) is 2.25. The number of aliphatic hydroxyl groups is 3. The minimum absolute atomic E-state index is 0.0559. The third-order valence-electron chi connectivity index (χ3n) is 3.43. The van der Waals surface area contributed by atoms with Gasteiger partial charge in [-0.2, -0.15) is 0 Å². The van der Waals surface area contributed by atoms with Crippen molar-refractivity contribution in [2.24, 2.45) is 5.73 Å². The second-order valence-electron chi connectivity index (χ2n) is 4.75. The molecule has 8 N–H and O–H groups in total. The Hall–Kier alpha value is -1.68. The lowest BCUT2D eigenvalue weighted by Crippen LogP contribution is -2.38. The number of nitrogens with one attached hydrogen (secondary N) is 1. The van der Waals surface area contributed by atoms with Crippen molar-refractivity contribution in [2.45, 2.75) is 44.0 Å². The number of nitrogen functional groups attached to an aromatic ring is 2. The highest BCUT2D eigenvalue weighted by molar-refractivity contribution is 5.97. The molecule has 1 aliphatic heterocycles. The van der Waals surface area contributed by atoms with Gasteiger partial charge < -0.3 is 31.5 Å². The number of rotatable bonds is 4. The van der Waals surface area contributed by atoms with Crippen LogP contribution in [-0.4, -0.2) is 55.1 Å². The van der Waals surface area contributed by atoms with Crippen molar-refractivity contribution in [3.05, 3.63) is 12.0 Å². The van der Waals surface area contributed by atoms with Gasteiger partial charge in [0.25, 0.3) is 0 Å². The SMILES string of the molecule is CC[C@@H](O)[C@H]1O[C@@H](n2cnc(C(=N)N)c2N)[C@H](O)[C@@H]1O. The predicted molar refractivity (Wildman–Crippen MR) is 69.9 cm³/mol. The topological polar surface area (TPSA) is 164 Å². The van der Waals surface area contributed by atoms with Gasteiger partial charge in [-0.05, 0) is 6.42 Å². The quantitative estimate of drug-likeness (QED) is 0.279. The van der Waals surface area contributed by atoms with E-state index in [0.717, 1.165) is 0 Å². The second-order valence-corrected chi connectivity index (χ2v) is 4.75. The summed E-state index contributed by atoms with van der Waals surface area (Å²) in [6.45, 7) is 1.74. The van der Waals surface area contributed by atoms with Gasteiger partial charge in [0.2, 0.25) is 0 Å². The van der Waals surface area contributed by atoms with Crippen molar-refractivity contribution in [3.8, 4) is 0 Å². The van der Waals surface area contributed by atoms with Gasteiger partial charge in [-0.15, -0.1) is 0 Å². The van der Waals surface area contributed by atoms with Crippen molar-refractivity contribution >= 4 is 11.7 Å². The van der Waals surface area contributed by atoms with Crippen LogP contribution in [0.15, 0.2) is 6.33 Å². The summed E-state index contributed by atoms with van der Waals surface area (Å²) >= 11 is 0. The van der Waals surface area contributed by atoms with Crippen molar-refractivity contribution in [1.82, 2.24) is 9.55 Å². The van der Waals surface area contributed by atoms with Crippen LogP contribution in [-0.2, 0) is 4.74 Å². The highest BCUT2D eigenvalue weighted by Gasteiger charge is 2.46. The zero-order valence-corrected chi connectivity index (χ0v) is 11.0. The van der Waals surface area contributed by atoms with Gasteiger partial charge in [0.05, 0.1) is 12.4 Å². The molecule has 0 spiro atoms. The molecule has 1 aromatic rings. The largest absolute Gasteiger partial charge is 0.390 e. The Morgan fingerprint density at radius 3 is 2.70 bits per heavy atom. The van der Waals surface area contributed by atoms with E-state index in [4.69, 9.17) is 21.6 Å². The van der Waals surface area contributed by atoms with Crippen molar-refractivity contribution < 1.29 is 20.1 Å². The molecule has 0 radical (unpaired) electrons. The first-order valence-corrected chi connectivity index (χ1v) is 6.24. The molecular formula is C11H19N5O4. The second kappa shape index (κ2) is 5.37. The summed E-state index contributed by atoms with van der Waals surface area (Å²) in [5, 5.41) is 37.0. The molecule has 0 saturated carbocycles. The van der Waals surface area contributed by atoms with Crippen LogP contribution in [0.1, 0.15) is 25.3 Å². The van der Waals surface area contributed by atoms with E-state index in [2.05, 4.69) is 4.98 Å². The standard InChI is InChI=1S/C11H19N5O4/c1-2-4(17)8-6(18)7(19)11(20-8)16-3-15-5(9(12)13)10(16)14/h3-4,6-8,11,17-19H,2,14H2,1H3,(H3,12,13)/t4-,6+,7-,8-,11-/m1/s1. The molecule has 1 saturated heterocycles. The number of amidine groups is 1. The number of hydrogen-bond acceptors (Lipinski definition) is 7. The van der Waals surface area contributed by atoms with Gasteiger partial charge in [0.1, 0.15) is 35.7 Å². The van der Waals surface area contributed by atoms with Gasteiger partial charge in [-0.3, -0.25) is 9.98 Å². The normalized spacial score (nSPS) is 31.4. The van der Waals surface area contributed by atoms with Crippen LogP contribution in [0.5, 0.6) is 0 Å². The molecule has 1 fully saturated rings. The van der Waals surface area contributed by atoms with Crippen molar-refractivity contribution in [2.75, 3.05) is 5.73 Å². The van der Waals surface area contributed by atoms with Crippen molar-refractivity contribution in [1.29, 1.82) is 5.41 Å². The van der Waals surface area contributed by atoms with Crippen LogP contribution in [0.2, 0.25) is 0 Å². The third kappa shape index (κ3) is 2.24. The van der Waals surface area contributed by atoms with Gasteiger partial charge in [-0.25, -0.2) is 4.98 Å². The fraction of sp³-hybridized carbons (Fsp3) is 0.636. The summed E-state index contributed by atoms with van der Waals surface area (Å²) in [5.41, 5.74) is 11.2. The fourth-order valence-corrected chi connectivity index (χ4v) is 2.25. The zero-order chi connectivity index (χ0) is 15.0. The van der Waals surface area contributed by atoms with E-state index in [1.54, 1.807) is 6.92 Å². The number of nitrogens with two attached hydrogens (primary N) is 2. The van der Waals surface area contributed by atoms with E-state index in [1.807, 2.05) is 0 Å². The highest BCUT2D eigenvalue weighted by atomic mass is 16.6. The Bertz CT molecular complexity index is 505. The highest BCUT2D eigenvalue weighted by Crippen LogP contribution is 2.33. The number of hydrogen-bond donors (Lipinski definition) is 6. The first-order chi connectivity index (χ1) is 9.38. The van der Waals surface area contributed by atoms with Crippen LogP contribution in [0.3, 0.4) is 0 Å². The van der Waals surface area contributed by atoms with Crippen molar-refractivity contribution in [3.63, 3.8) is 0 Å². The molecule has 9 heteroatoms. The van der Waals surface area contributed by atoms with Crippen LogP contribution < -0.4 is 11.5 Å². The maximum atomic E-state index is 10.0. The first-order valence-electron chi connectivity index (χ1n) is 6.24. The Morgan fingerprint density at radius 2 is 2.20 bits per heavy atom. The smallest absolute Gasteiger partial charge is 0.165 e. The number of aliphatic hydroxyl groups excluding tert-OH is 3. The molecule has 2 heterocycles. The zero-order valence-electron chi connectivity index (χ0n) is 11.0. The number of imidazole rings is 1. The van der Waals surface area contributed by atoms with Gasteiger partial charge in [0, 0.05) is 0 Å². The van der Waals surface area contributed by atoms with E-state index >= 15 is 0 Å². The lowest BCUT2D eigenvalue weighted by atomic mass is 10.0.